The minimum Gasteiger partial charge on any atom is -0.467 e. The van der Waals surface area contributed by atoms with E-state index in [1.807, 2.05) is 0 Å². The summed E-state index contributed by atoms with van der Waals surface area (Å²) in [4.78, 5) is 22.1. The Balaban J connectivity index is 2.00. The van der Waals surface area contributed by atoms with Crippen molar-refractivity contribution in [2.45, 2.75) is 24.2 Å². The number of hydrogen-bond acceptors (Lipinski definition) is 8. The number of nitrogens with zero attached hydrogens (tertiary/aromatic N) is 3. The molecule has 0 spiro atoms. The van der Waals surface area contributed by atoms with E-state index in [9.17, 15) is 21.6 Å². The van der Waals surface area contributed by atoms with Crippen LogP contribution in [0.2, 0.25) is 0 Å². The lowest BCUT2D eigenvalue weighted by Crippen LogP contribution is -2.41. The molecular formula is C15H16BrN3O6S2. The number of furan rings is 1. The SMILES string of the molecule is CS(=O)(=O)c1ncc(Br)c(C(=O)N(Cc2ccco2)C2CCS(=O)(=O)C2)n1. The van der Waals surface area contributed by atoms with Crippen LogP contribution in [0.15, 0.2) is 38.6 Å². The smallest absolute Gasteiger partial charge is 0.274 e. The first-order valence-corrected chi connectivity index (χ1v) is 12.3. The first kappa shape index (κ1) is 20.0. The van der Waals surface area contributed by atoms with Gasteiger partial charge in [0.1, 0.15) is 11.5 Å². The zero-order valence-corrected chi connectivity index (χ0v) is 17.4. The molecule has 1 unspecified atom stereocenters. The number of sulfone groups is 2. The highest BCUT2D eigenvalue weighted by Gasteiger charge is 2.36. The molecule has 1 aliphatic rings. The Morgan fingerprint density at radius 1 is 1.44 bits per heavy atom. The summed E-state index contributed by atoms with van der Waals surface area (Å²) in [5.74, 6) is -0.311. The predicted molar refractivity (Wildman–Crippen MR) is 98.5 cm³/mol. The fourth-order valence-corrected chi connectivity index (χ4v) is 5.37. The first-order valence-electron chi connectivity index (χ1n) is 7.83. The van der Waals surface area contributed by atoms with E-state index in [0.29, 0.717) is 5.76 Å². The number of aromatic nitrogens is 2. The van der Waals surface area contributed by atoms with E-state index in [1.165, 1.54) is 17.4 Å². The highest BCUT2D eigenvalue weighted by atomic mass is 79.9. The van der Waals surface area contributed by atoms with Crippen LogP contribution >= 0.6 is 15.9 Å². The van der Waals surface area contributed by atoms with Gasteiger partial charge in [0.25, 0.3) is 5.91 Å². The molecule has 1 saturated heterocycles. The number of amides is 1. The van der Waals surface area contributed by atoms with Crippen molar-refractivity contribution < 1.29 is 26.0 Å². The number of hydrogen-bond donors (Lipinski definition) is 0. The molecule has 0 bridgehead atoms. The molecule has 1 fully saturated rings. The second-order valence-electron chi connectivity index (χ2n) is 6.19. The number of carbonyl (C=O) groups is 1. The molecule has 0 aromatic carbocycles. The van der Waals surface area contributed by atoms with Crippen LogP contribution in [0.5, 0.6) is 0 Å². The molecule has 1 atom stereocenters. The molecule has 146 valence electrons. The molecule has 1 aliphatic heterocycles. The summed E-state index contributed by atoms with van der Waals surface area (Å²) in [6, 6.07) is 2.77. The van der Waals surface area contributed by atoms with Gasteiger partial charge in [-0.3, -0.25) is 4.79 Å². The minimum absolute atomic E-state index is 0.0147. The van der Waals surface area contributed by atoms with Gasteiger partial charge in [-0.2, -0.15) is 0 Å². The van der Waals surface area contributed by atoms with Crippen LogP contribution < -0.4 is 0 Å². The number of halogens is 1. The van der Waals surface area contributed by atoms with Gasteiger partial charge in [-0.1, -0.05) is 0 Å². The van der Waals surface area contributed by atoms with Gasteiger partial charge in [0.05, 0.1) is 28.8 Å². The molecule has 3 heterocycles. The number of rotatable bonds is 5. The molecule has 0 saturated carbocycles. The maximum Gasteiger partial charge on any atom is 0.274 e. The van der Waals surface area contributed by atoms with Crippen molar-refractivity contribution in [3.63, 3.8) is 0 Å². The Hall–Kier alpha value is -1.79. The summed E-state index contributed by atoms with van der Waals surface area (Å²) in [5, 5.41) is -0.481. The summed E-state index contributed by atoms with van der Waals surface area (Å²) in [6.45, 7) is 0.0384. The molecule has 0 aliphatic carbocycles. The van der Waals surface area contributed by atoms with Crippen molar-refractivity contribution in [1.82, 2.24) is 14.9 Å². The van der Waals surface area contributed by atoms with Gasteiger partial charge in [-0.25, -0.2) is 26.8 Å². The summed E-state index contributed by atoms with van der Waals surface area (Å²) in [5.41, 5.74) is -0.152. The highest BCUT2D eigenvalue weighted by Crippen LogP contribution is 2.25. The molecule has 2 aromatic heterocycles. The minimum atomic E-state index is -3.72. The average Bonchev–Trinajstić information content (AvgIpc) is 3.20. The van der Waals surface area contributed by atoms with Gasteiger partial charge in [0.2, 0.25) is 15.0 Å². The molecule has 12 heteroatoms. The van der Waals surface area contributed by atoms with Crippen molar-refractivity contribution in [2.75, 3.05) is 17.8 Å². The van der Waals surface area contributed by atoms with Crippen LogP contribution in [0.1, 0.15) is 22.7 Å². The molecule has 0 N–H and O–H groups in total. The lowest BCUT2D eigenvalue weighted by Gasteiger charge is -2.27. The van der Waals surface area contributed by atoms with E-state index in [2.05, 4.69) is 25.9 Å². The Morgan fingerprint density at radius 3 is 2.74 bits per heavy atom. The van der Waals surface area contributed by atoms with Gasteiger partial charge in [-0.05, 0) is 34.5 Å². The fraction of sp³-hybridized carbons (Fsp3) is 0.400. The van der Waals surface area contributed by atoms with Crippen molar-refractivity contribution in [1.29, 1.82) is 0 Å². The summed E-state index contributed by atoms with van der Waals surface area (Å²) < 4.78 is 52.7. The lowest BCUT2D eigenvalue weighted by molar-refractivity contribution is 0.0658. The molecule has 9 nitrogen and oxygen atoms in total. The lowest BCUT2D eigenvalue weighted by atomic mass is 10.2. The topological polar surface area (TPSA) is 128 Å². The average molecular weight is 478 g/mol. The monoisotopic (exact) mass is 477 g/mol. The van der Waals surface area contributed by atoms with Crippen molar-refractivity contribution in [3.05, 3.63) is 40.5 Å². The largest absolute Gasteiger partial charge is 0.467 e. The van der Waals surface area contributed by atoms with Crippen LogP contribution in [0, 0.1) is 0 Å². The quantitative estimate of drug-likeness (QED) is 0.584. The Labute approximate surface area is 164 Å². The van der Waals surface area contributed by atoms with Crippen molar-refractivity contribution >= 4 is 41.5 Å². The Kier molecular flexibility index (Phi) is 5.41. The van der Waals surface area contributed by atoms with Crippen LogP contribution in [0.4, 0.5) is 0 Å². The van der Waals surface area contributed by atoms with Crippen LogP contribution in [-0.4, -0.2) is 61.4 Å². The van der Waals surface area contributed by atoms with Crippen LogP contribution in [0.3, 0.4) is 0 Å². The van der Waals surface area contributed by atoms with Gasteiger partial charge in [0, 0.05) is 18.5 Å². The van der Waals surface area contributed by atoms with Crippen LogP contribution in [-0.2, 0) is 26.2 Å². The summed E-state index contributed by atoms with van der Waals surface area (Å²) in [6.07, 6.45) is 3.86. The Bertz CT molecular complexity index is 1070. The third-order valence-electron chi connectivity index (χ3n) is 4.07. The van der Waals surface area contributed by atoms with Crippen molar-refractivity contribution in [3.8, 4) is 0 Å². The van der Waals surface area contributed by atoms with Gasteiger partial charge in [0.15, 0.2) is 9.84 Å². The standard InChI is InChI=1S/C15H16BrN3O6S2/c1-26(21,22)15-17-7-12(16)13(18-15)14(20)19(8-11-3-2-5-25-11)10-4-6-27(23,24)9-10/h2-3,5,7,10H,4,6,8-9H2,1H3. The van der Waals surface area contributed by atoms with E-state index in [0.717, 1.165) is 6.26 Å². The Morgan fingerprint density at radius 2 is 2.19 bits per heavy atom. The molecule has 27 heavy (non-hydrogen) atoms. The molecular weight excluding hydrogens is 462 g/mol. The molecule has 2 aromatic rings. The van der Waals surface area contributed by atoms with Crippen LogP contribution in [0.25, 0.3) is 0 Å². The van der Waals surface area contributed by atoms with Gasteiger partial charge in [-0.15, -0.1) is 0 Å². The van der Waals surface area contributed by atoms with E-state index in [1.54, 1.807) is 12.1 Å². The third-order valence-corrected chi connectivity index (χ3v) is 7.26. The maximum absolute atomic E-state index is 13.1. The van der Waals surface area contributed by atoms with E-state index >= 15 is 0 Å². The maximum atomic E-state index is 13.1. The van der Waals surface area contributed by atoms with E-state index in [-0.39, 0.29) is 34.6 Å². The second-order valence-corrected chi connectivity index (χ2v) is 11.2. The van der Waals surface area contributed by atoms with Crippen molar-refractivity contribution in [2.24, 2.45) is 0 Å². The van der Waals surface area contributed by atoms with E-state index < -0.39 is 36.8 Å². The summed E-state index contributed by atoms with van der Waals surface area (Å²) in [7, 11) is -6.96. The van der Waals surface area contributed by atoms with Gasteiger partial charge >= 0.3 is 0 Å². The fourth-order valence-electron chi connectivity index (χ4n) is 2.77. The first-order chi connectivity index (χ1) is 12.6. The summed E-state index contributed by atoms with van der Waals surface area (Å²) >= 11 is 3.17. The second kappa shape index (κ2) is 7.32. The zero-order chi connectivity index (χ0) is 19.8. The predicted octanol–water partition coefficient (Wildman–Crippen LogP) is 1.07. The van der Waals surface area contributed by atoms with E-state index in [4.69, 9.17) is 4.42 Å². The van der Waals surface area contributed by atoms with Gasteiger partial charge < -0.3 is 9.32 Å². The number of carbonyl (C=O) groups excluding carboxylic acids is 1. The normalized spacial score (nSPS) is 19.1. The molecule has 0 radical (unpaired) electrons. The molecule has 1 amide bonds. The zero-order valence-electron chi connectivity index (χ0n) is 14.2. The molecule has 3 rings (SSSR count). The third kappa shape index (κ3) is 4.55. The highest BCUT2D eigenvalue weighted by molar-refractivity contribution is 9.10.